The van der Waals surface area contributed by atoms with Gasteiger partial charge in [0, 0.05) is 31.2 Å². The third kappa shape index (κ3) is 3.16. The largest absolute Gasteiger partial charge is 0.349 e. The Morgan fingerprint density at radius 3 is 2.94 bits per heavy atom. The van der Waals surface area contributed by atoms with E-state index in [9.17, 15) is 4.79 Å². The van der Waals surface area contributed by atoms with Gasteiger partial charge in [-0.25, -0.2) is 0 Å². The van der Waals surface area contributed by atoms with E-state index in [0.29, 0.717) is 6.42 Å². The van der Waals surface area contributed by atoms with Gasteiger partial charge in [-0.2, -0.15) is 5.10 Å². The standard InChI is InChI=1S/C13H16N4O/c1-10(12-8-15-17(2)9-12)16-13(18)6-11-4-3-5-14-7-11/h3-5,7-10H,6H2,1-2H3,(H,16,18)/t10-/m0/s1. The van der Waals surface area contributed by atoms with Crippen molar-refractivity contribution in [1.29, 1.82) is 0 Å². The molecule has 5 heteroatoms. The first kappa shape index (κ1) is 12.3. The summed E-state index contributed by atoms with van der Waals surface area (Å²) in [6, 6.07) is 3.68. The third-order valence-electron chi connectivity index (χ3n) is 2.69. The quantitative estimate of drug-likeness (QED) is 0.880. The molecule has 0 saturated carbocycles. The van der Waals surface area contributed by atoms with Crippen LogP contribution in [-0.2, 0) is 18.3 Å². The molecule has 18 heavy (non-hydrogen) atoms. The van der Waals surface area contributed by atoms with E-state index in [-0.39, 0.29) is 11.9 Å². The zero-order chi connectivity index (χ0) is 13.0. The maximum absolute atomic E-state index is 11.8. The van der Waals surface area contributed by atoms with E-state index >= 15 is 0 Å². The molecule has 0 aliphatic carbocycles. The Morgan fingerprint density at radius 2 is 2.33 bits per heavy atom. The molecule has 0 radical (unpaired) electrons. The molecular weight excluding hydrogens is 228 g/mol. The van der Waals surface area contributed by atoms with Gasteiger partial charge in [0.2, 0.25) is 5.91 Å². The minimum atomic E-state index is -0.0390. The molecule has 0 spiro atoms. The molecule has 0 bridgehead atoms. The maximum atomic E-state index is 11.8. The van der Waals surface area contributed by atoms with Crippen molar-refractivity contribution in [2.75, 3.05) is 0 Å². The lowest BCUT2D eigenvalue weighted by atomic mass is 10.1. The van der Waals surface area contributed by atoms with E-state index < -0.39 is 0 Å². The van der Waals surface area contributed by atoms with Gasteiger partial charge in [0.1, 0.15) is 0 Å². The fourth-order valence-electron chi connectivity index (χ4n) is 1.73. The van der Waals surface area contributed by atoms with Crippen molar-refractivity contribution in [2.24, 2.45) is 7.05 Å². The molecule has 94 valence electrons. The van der Waals surface area contributed by atoms with Crippen molar-refractivity contribution < 1.29 is 4.79 Å². The normalized spacial score (nSPS) is 12.1. The summed E-state index contributed by atoms with van der Waals surface area (Å²) in [5, 5.41) is 7.02. The van der Waals surface area contributed by atoms with Gasteiger partial charge in [-0.3, -0.25) is 14.5 Å². The van der Waals surface area contributed by atoms with Gasteiger partial charge in [-0.15, -0.1) is 0 Å². The lowest BCUT2D eigenvalue weighted by Crippen LogP contribution is -2.27. The van der Waals surface area contributed by atoms with Crippen molar-refractivity contribution >= 4 is 5.91 Å². The fraction of sp³-hybridized carbons (Fsp3) is 0.308. The van der Waals surface area contributed by atoms with Crippen LogP contribution in [0.1, 0.15) is 24.1 Å². The van der Waals surface area contributed by atoms with Crippen LogP contribution in [0.4, 0.5) is 0 Å². The highest BCUT2D eigenvalue weighted by Crippen LogP contribution is 2.10. The summed E-state index contributed by atoms with van der Waals surface area (Å²) < 4.78 is 1.72. The molecule has 0 fully saturated rings. The van der Waals surface area contributed by atoms with Crippen LogP contribution in [0.2, 0.25) is 0 Å². The van der Waals surface area contributed by atoms with Crippen molar-refractivity contribution in [2.45, 2.75) is 19.4 Å². The number of aryl methyl sites for hydroxylation is 1. The molecule has 0 aliphatic rings. The van der Waals surface area contributed by atoms with E-state index in [0.717, 1.165) is 11.1 Å². The Hall–Kier alpha value is -2.17. The average molecular weight is 244 g/mol. The van der Waals surface area contributed by atoms with Crippen LogP contribution in [-0.4, -0.2) is 20.7 Å². The number of rotatable bonds is 4. The number of aromatic nitrogens is 3. The van der Waals surface area contributed by atoms with Crippen LogP contribution in [0.25, 0.3) is 0 Å². The molecule has 1 N–H and O–H groups in total. The summed E-state index contributed by atoms with van der Waals surface area (Å²) in [5.41, 5.74) is 1.91. The topological polar surface area (TPSA) is 59.8 Å². The average Bonchev–Trinajstić information content (AvgIpc) is 2.77. The van der Waals surface area contributed by atoms with Crippen molar-refractivity contribution in [3.8, 4) is 0 Å². The summed E-state index contributed by atoms with van der Waals surface area (Å²) in [4.78, 5) is 15.8. The van der Waals surface area contributed by atoms with Crippen molar-refractivity contribution in [3.05, 3.63) is 48.0 Å². The van der Waals surface area contributed by atoms with Crippen molar-refractivity contribution in [1.82, 2.24) is 20.1 Å². The van der Waals surface area contributed by atoms with Crippen LogP contribution in [0, 0.1) is 0 Å². The lowest BCUT2D eigenvalue weighted by molar-refractivity contribution is -0.121. The van der Waals surface area contributed by atoms with Gasteiger partial charge >= 0.3 is 0 Å². The maximum Gasteiger partial charge on any atom is 0.224 e. The number of pyridine rings is 1. The summed E-state index contributed by atoms with van der Waals surface area (Å²) >= 11 is 0. The second-order valence-corrected chi connectivity index (χ2v) is 4.27. The summed E-state index contributed by atoms with van der Waals surface area (Å²) in [7, 11) is 1.85. The first-order valence-electron chi connectivity index (χ1n) is 5.82. The Kier molecular flexibility index (Phi) is 3.72. The minimum Gasteiger partial charge on any atom is -0.349 e. The monoisotopic (exact) mass is 244 g/mol. The molecule has 2 aromatic rings. The Morgan fingerprint density at radius 1 is 1.50 bits per heavy atom. The zero-order valence-corrected chi connectivity index (χ0v) is 10.5. The van der Waals surface area contributed by atoms with Crippen LogP contribution >= 0.6 is 0 Å². The van der Waals surface area contributed by atoms with Gasteiger partial charge in [0.05, 0.1) is 18.7 Å². The Balaban J connectivity index is 1.92. The molecule has 0 aromatic carbocycles. The molecule has 1 atom stereocenters. The fourth-order valence-corrected chi connectivity index (χ4v) is 1.73. The number of hydrogen-bond acceptors (Lipinski definition) is 3. The molecule has 0 aliphatic heterocycles. The SMILES string of the molecule is C[C@H](NC(=O)Cc1cccnc1)c1cnn(C)c1. The smallest absolute Gasteiger partial charge is 0.224 e. The van der Waals surface area contributed by atoms with Gasteiger partial charge in [-0.1, -0.05) is 6.07 Å². The predicted octanol–water partition coefficient (Wildman–Crippen LogP) is 1.24. The van der Waals surface area contributed by atoms with Crippen LogP contribution in [0.3, 0.4) is 0 Å². The van der Waals surface area contributed by atoms with Gasteiger partial charge in [-0.05, 0) is 18.6 Å². The summed E-state index contributed by atoms with van der Waals surface area (Å²) in [6.07, 6.45) is 7.40. The first-order valence-corrected chi connectivity index (χ1v) is 5.82. The highest BCUT2D eigenvalue weighted by Gasteiger charge is 2.11. The van der Waals surface area contributed by atoms with Crippen molar-refractivity contribution in [3.63, 3.8) is 0 Å². The number of nitrogens with one attached hydrogen (secondary N) is 1. The van der Waals surface area contributed by atoms with Gasteiger partial charge in [0.25, 0.3) is 0 Å². The molecule has 1 amide bonds. The van der Waals surface area contributed by atoms with Gasteiger partial charge in [0.15, 0.2) is 0 Å². The molecule has 0 saturated heterocycles. The first-order chi connectivity index (χ1) is 8.65. The van der Waals surface area contributed by atoms with E-state index in [1.165, 1.54) is 0 Å². The van der Waals surface area contributed by atoms with Crippen LogP contribution < -0.4 is 5.32 Å². The Labute approximate surface area is 106 Å². The molecular formula is C13H16N4O. The molecule has 2 rings (SSSR count). The summed E-state index contributed by atoms with van der Waals surface area (Å²) in [6.45, 7) is 1.94. The molecule has 2 heterocycles. The van der Waals surface area contributed by atoms with Gasteiger partial charge < -0.3 is 5.32 Å². The summed E-state index contributed by atoms with van der Waals surface area (Å²) in [5.74, 6) is -0.0145. The number of hydrogen-bond donors (Lipinski definition) is 1. The molecule has 2 aromatic heterocycles. The second kappa shape index (κ2) is 5.44. The van der Waals surface area contributed by atoms with E-state index in [1.54, 1.807) is 23.3 Å². The Bertz CT molecular complexity index is 521. The third-order valence-corrected chi connectivity index (χ3v) is 2.69. The number of carbonyl (C=O) groups excluding carboxylic acids is 1. The number of nitrogens with zero attached hydrogens (tertiary/aromatic N) is 3. The molecule has 5 nitrogen and oxygen atoms in total. The highest BCUT2D eigenvalue weighted by molar-refractivity contribution is 5.78. The van der Waals surface area contributed by atoms with E-state index in [2.05, 4.69) is 15.4 Å². The zero-order valence-electron chi connectivity index (χ0n) is 10.5. The number of carbonyl (C=O) groups is 1. The van der Waals surface area contributed by atoms with E-state index in [4.69, 9.17) is 0 Å². The van der Waals surface area contributed by atoms with Crippen LogP contribution in [0.5, 0.6) is 0 Å². The van der Waals surface area contributed by atoms with E-state index in [1.807, 2.05) is 32.3 Å². The molecule has 0 unspecified atom stereocenters. The highest BCUT2D eigenvalue weighted by atomic mass is 16.1. The predicted molar refractivity (Wildman–Crippen MR) is 67.7 cm³/mol. The van der Waals surface area contributed by atoms with Crippen LogP contribution in [0.15, 0.2) is 36.9 Å². The number of amides is 1. The minimum absolute atomic E-state index is 0.0145. The second-order valence-electron chi connectivity index (χ2n) is 4.27. The lowest BCUT2D eigenvalue weighted by Gasteiger charge is -2.11.